The smallest absolute Gasteiger partial charge is 0.0971 e. The molecule has 0 unspecified atom stereocenters. The largest absolute Gasteiger partial charge is 0.405 e. The SMILES string of the molecule is C/C(=C\C=C/N)c1cc(-c2cccnc2)cc(-n2c3ccccc3c3ncc4c(c5ccccc5n4-c4cccnc4)c32)c1. The maximum Gasteiger partial charge on any atom is 0.0971 e. The van der Waals surface area contributed by atoms with Gasteiger partial charge in [0.05, 0.1) is 45.7 Å². The molecule has 0 saturated heterocycles. The number of nitrogens with two attached hydrogens (primary N) is 1. The van der Waals surface area contributed by atoms with Crippen LogP contribution in [0.1, 0.15) is 12.5 Å². The van der Waals surface area contributed by atoms with Crippen molar-refractivity contribution in [2.45, 2.75) is 6.92 Å². The molecule has 6 heteroatoms. The van der Waals surface area contributed by atoms with Crippen LogP contribution < -0.4 is 5.73 Å². The predicted octanol–water partition coefficient (Wildman–Crippen LogP) is 8.61. The summed E-state index contributed by atoms with van der Waals surface area (Å²) in [5.74, 6) is 0. The standard InChI is InChI=1S/C38H28N6/c1-25(9-6-16-39)27-19-28(26-10-7-17-40-22-26)21-30(20-27)44-34-15-5-3-13-32(34)37-38(44)36-31-12-2-4-14-33(31)43(35(36)24-42-37)29-11-8-18-41-23-29/h2-24H,39H2,1H3/b16-6-,25-9+. The van der Waals surface area contributed by atoms with Crippen LogP contribution in [0.15, 0.2) is 140 Å². The lowest BCUT2D eigenvalue weighted by atomic mass is 9.99. The van der Waals surface area contributed by atoms with Gasteiger partial charge in [-0.05, 0) is 84.4 Å². The van der Waals surface area contributed by atoms with Gasteiger partial charge >= 0.3 is 0 Å². The summed E-state index contributed by atoms with van der Waals surface area (Å²) >= 11 is 0. The number of hydrogen-bond donors (Lipinski definition) is 1. The van der Waals surface area contributed by atoms with Gasteiger partial charge in [0.2, 0.25) is 0 Å². The molecule has 0 radical (unpaired) electrons. The highest BCUT2D eigenvalue weighted by molar-refractivity contribution is 6.24. The molecule has 8 rings (SSSR count). The summed E-state index contributed by atoms with van der Waals surface area (Å²) in [7, 11) is 0. The number of allylic oxidation sites excluding steroid dienone is 3. The van der Waals surface area contributed by atoms with Gasteiger partial charge < -0.3 is 14.9 Å². The average Bonchev–Trinajstić information content (AvgIpc) is 3.61. The first kappa shape index (κ1) is 25.7. The Hall–Kier alpha value is -6.01. The van der Waals surface area contributed by atoms with Crippen molar-refractivity contribution in [2.24, 2.45) is 5.73 Å². The normalized spacial score (nSPS) is 12.3. The lowest BCUT2D eigenvalue weighted by Gasteiger charge is -2.14. The molecule has 0 aliphatic heterocycles. The first-order valence-electron chi connectivity index (χ1n) is 14.6. The van der Waals surface area contributed by atoms with E-state index in [0.29, 0.717) is 0 Å². The van der Waals surface area contributed by atoms with E-state index in [0.717, 1.165) is 77.4 Å². The van der Waals surface area contributed by atoms with E-state index in [1.54, 1.807) is 18.6 Å². The molecule has 0 fully saturated rings. The number of hydrogen-bond acceptors (Lipinski definition) is 4. The van der Waals surface area contributed by atoms with E-state index < -0.39 is 0 Å². The molecule has 210 valence electrons. The molecule has 0 saturated carbocycles. The monoisotopic (exact) mass is 568 g/mol. The van der Waals surface area contributed by atoms with Crippen molar-refractivity contribution in [3.8, 4) is 22.5 Å². The lowest BCUT2D eigenvalue weighted by molar-refractivity contribution is 1.13. The van der Waals surface area contributed by atoms with Crippen LogP contribution in [0, 0.1) is 0 Å². The summed E-state index contributed by atoms with van der Waals surface area (Å²) in [5.41, 5.74) is 17.4. The molecular weight excluding hydrogens is 540 g/mol. The Balaban J connectivity index is 1.54. The average molecular weight is 569 g/mol. The van der Waals surface area contributed by atoms with Crippen molar-refractivity contribution in [1.82, 2.24) is 24.1 Å². The highest BCUT2D eigenvalue weighted by atomic mass is 15.0. The quantitative estimate of drug-likeness (QED) is 0.211. The Labute approximate surface area is 254 Å². The molecule has 0 bridgehead atoms. The molecule has 0 spiro atoms. The van der Waals surface area contributed by atoms with Crippen LogP contribution in [0.5, 0.6) is 0 Å². The van der Waals surface area contributed by atoms with Crippen molar-refractivity contribution in [1.29, 1.82) is 0 Å². The van der Waals surface area contributed by atoms with Crippen molar-refractivity contribution in [3.05, 3.63) is 146 Å². The zero-order chi connectivity index (χ0) is 29.6. The summed E-state index contributed by atoms with van der Waals surface area (Å²) in [6.07, 6.45) is 14.9. The maximum atomic E-state index is 5.70. The third-order valence-corrected chi connectivity index (χ3v) is 8.30. The number of aromatic nitrogens is 5. The number of nitrogens with zero attached hydrogens (tertiary/aromatic N) is 5. The van der Waals surface area contributed by atoms with E-state index in [4.69, 9.17) is 10.7 Å². The maximum absolute atomic E-state index is 5.70. The van der Waals surface area contributed by atoms with Crippen molar-refractivity contribution >= 4 is 49.3 Å². The van der Waals surface area contributed by atoms with Gasteiger partial charge in [0.15, 0.2) is 0 Å². The van der Waals surface area contributed by atoms with Crippen LogP contribution in [0.25, 0.3) is 71.8 Å². The molecule has 8 aromatic rings. The zero-order valence-corrected chi connectivity index (χ0v) is 24.1. The van der Waals surface area contributed by atoms with Gasteiger partial charge in [-0.25, -0.2) is 0 Å². The van der Waals surface area contributed by atoms with Gasteiger partial charge in [-0.1, -0.05) is 48.5 Å². The summed E-state index contributed by atoms with van der Waals surface area (Å²) in [6.45, 7) is 2.11. The number of pyridine rings is 3. The number of para-hydroxylation sites is 2. The van der Waals surface area contributed by atoms with Gasteiger partial charge in [0.25, 0.3) is 0 Å². The minimum absolute atomic E-state index is 0.967. The molecule has 44 heavy (non-hydrogen) atoms. The highest BCUT2D eigenvalue weighted by Gasteiger charge is 2.22. The van der Waals surface area contributed by atoms with Crippen LogP contribution in [0.3, 0.4) is 0 Å². The fourth-order valence-corrected chi connectivity index (χ4v) is 6.34. The van der Waals surface area contributed by atoms with E-state index in [-0.39, 0.29) is 0 Å². The first-order valence-corrected chi connectivity index (χ1v) is 14.6. The molecule has 0 aliphatic rings. The Morgan fingerprint density at radius 2 is 1.43 bits per heavy atom. The van der Waals surface area contributed by atoms with E-state index in [1.807, 2.05) is 42.9 Å². The van der Waals surface area contributed by atoms with Gasteiger partial charge in [0.1, 0.15) is 0 Å². The Morgan fingerprint density at radius 3 is 2.18 bits per heavy atom. The second kappa shape index (κ2) is 10.4. The minimum Gasteiger partial charge on any atom is -0.405 e. The lowest BCUT2D eigenvalue weighted by Crippen LogP contribution is -1.98. The molecule has 0 atom stereocenters. The van der Waals surface area contributed by atoms with Crippen molar-refractivity contribution < 1.29 is 0 Å². The third kappa shape index (κ3) is 4.00. The fraction of sp³-hybridized carbons (Fsp3) is 0.0263. The van der Waals surface area contributed by atoms with Crippen molar-refractivity contribution in [3.63, 3.8) is 0 Å². The molecule has 0 amide bonds. The van der Waals surface area contributed by atoms with E-state index in [9.17, 15) is 0 Å². The highest BCUT2D eigenvalue weighted by Crippen LogP contribution is 2.41. The molecule has 5 aromatic heterocycles. The summed E-state index contributed by atoms with van der Waals surface area (Å²) in [4.78, 5) is 14.0. The minimum atomic E-state index is 0.967. The van der Waals surface area contributed by atoms with E-state index >= 15 is 0 Å². The second-order valence-corrected chi connectivity index (χ2v) is 10.9. The van der Waals surface area contributed by atoms with Crippen LogP contribution >= 0.6 is 0 Å². The van der Waals surface area contributed by atoms with Crippen LogP contribution in [-0.4, -0.2) is 24.1 Å². The number of benzene rings is 3. The summed E-state index contributed by atoms with van der Waals surface area (Å²) in [6, 6.07) is 31.9. The van der Waals surface area contributed by atoms with E-state index in [2.05, 4.69) is 105 Å². The Morgan fingerprint density at radius 1 is 0.682 bits per heavy atom. The molecule has 0 aliphatic carbocycles. The number of rotatable bonds is 5. The third-order valence-electron chi connectivity index (χ3n) is 8.30. The fourth-order valence-electron chi connectivity index (χ4n) is 6.34. The second-order valence-electron chi connectivity index (χ2n) is 10.9. The van der Waals surface area contributed by atoms with Crippen LogP contribution in [-0.2, 0) is 0 Å². The van der Waals surface area contributed by atoms with Crippen LogP contribution in [0.2, 0.25) is 0 Å². The topological polar surface area (TPSA) is 74.5 Å². The number of fused-ring (bicyclic) bond motifs is 7. The molecule has 6 nitrogen and oxygen atoms in total. The molecular formula is C38H28N6. The van der Waals surface area contributed by atoms with Crippen LogP contribution in [0.4, 0.5) is 0 Å². The van der Waals surface area contributed by atoms with Gasteiger partial charge in [-0.3, -0.25) is 15.0 Å². The summed E-state index contributed by atoms with van der Waals surface area (Å²) < 4.78 is 4.63. The van der Waals surface area contributed by atoms with Gasteiger partial charge in [-0.15, -0.1) is 0 Å². The van der Waals surface area contributed by atoms with Gasteiger partial charge in [-0.2, -0.15) is 0 Å². The first-order chi connectivity index (χ1) is 21.7. The van der Waals surface area contributed by atoms with E-state index in [1.165, 1.54) is 0 Å². The zero-order valence-electron chi connectivity index (χ0n) is 24.1. The van der Waals surface area contributed by atoms with Crippen molar-refractivity contribution in [2.75, 3.05) is 0 Å². The molecule has 5 heterocycles. The predicted molar refractivity (Wildman–Crippen MR) is 181 cm³/mol. The van der Waals surface area contributed by atoms with Gasteiger partial charge in [0, 0.05) is 46.0 Å². The Kier molecular flexibility index (Phi) is 6.05. The Bertz CT molecular complexity index is 2400. The molecule has 3 aromatic carbocycles. The summed E-state index contributed by atoms with van der Waals surface area (Å²) in [5, 5.41) is 3.42. The molecule has 2 N–H and O–H groups in total.